The molecule has 2 rings (SSSR count). The van der Waals surface area contributed by atoms with Gasteiger partial charge in [0.2, 0.25) is 21.8 Å². The molecule has 31 heavy (non-hydrogen) atoms. The predicted molar refractivity (Wildman–Crippen MR) is 122 cm³/mol. The van der Waals surface area contributed by atoms with Crippen molar-refractivity contribution in [3.8, 4) is 5.75 Å². The van der Waals surface area contributed by atoms with Crippen LogP contribution in [0, 0.1) is 13.8 Å². The van der Waals surface area contributed by atoms with Crippen molar-refractivity contribution in [2.24, 2.45) is 0 Å². The predicted octanol–water partition coefficient (Wildman–Crippen LogP) is 2.93. The van der Waals surface area contributed by atoms with Crippen LogP contribution in [0.25, 0.3) is 0 Å². The minimum atomic E-state index is -3.94. The second-order valence-corrected chi connectivity index (χ2v) is 9.32. The monoisotopic (exact) mass is 447 g/mol. The van der Waals surface area contributed by atoms with Gasteiger partial charge in [0.15, 0.2) is 0 Å². The normalized spacial score (nSPS) is 11.2. The first-order valence-electron chi connectivity index (χ1n) is 9.84. The van der Waals surface area contributed by atoms with E-state index in [2.05, 4.69) is 10.0 Å². The molecule has 0 heterocycles. The third-order valence-corrected chi connectivity index (χ3v) is 5.67. The fourth-order valence-corrected chi connectivity index (χ4v) is 3.85. The Morgan fingerprint density at radius 1 is 1.06 bits per heavy atom. The molecule has 0 aromatic heterocycles. The lowest BCUT2D eigenvalue weighted by Crippen LogP contribution is -2.39. The van der Waals surface area contributed by atoms with Gasteiger partial charge in [-0.25, -0.2) is 8.42 Å². The smallest absolute Gasteiger partial charge is 0.243 e. The third-order valence-electron chi connectivity index (χ3n) is 4.50. The largest absolute Gasteiger partial charge is 0.491 e. The highest BCUT2D eigenvalue weighted by Crippen LogP contribution is 2.19. The first-order chi connectivity index (χ1) is 14.5. The molecule has 0 aliphatic heterocycles. The van der Waals surface area contributed by atoms with Crippen molar-refractivity contribution in [1.29, 1.82) is 0 Å². The SMILES string of the molecule is Cc1cccc(NC(=O)CN(C)C(=O)CS(=O)(=O)Nc2ccc(OC(C)C)cc2)c1C. The molecular weight excluding hydrogens is 418 g/mol. The fourth-order valence-electron chi connectivity index (χ4n) is 2.74. The molecule has 0 bridgehead atoms. The summed E-state index contributed by atoms with van der Waals surface area (Å²) in [6.07, 6.45) is 0.00253. The van der Waals surface area contributed by atoms with Crippen LogP contribution in [-0.4, -0.2) is 50.6 Å². The maximum Gasteiger partial charge on any atom is 0.243 e. The molecule has 2 amide bonds. The molecule has 8 nitrogen and oxygen atoms in total. The van der Waals surface area contributed by atoms with Crippen molar-refractivity contribution < 1.29 is 22.7 Å². The van der Waals surface area contributed by atoms with Gasteiger partial charge in [0.05, 0.1) is 12.6 Å². The number of sulfonamides is 1. The number of benzene rings is 2. The van der Waals surface area contributed by atoms with Crippen LogP contribution in [0.4, 0.5) is 11.4 Å². The third kappa shape index (κ3) is 7.60. The van der Waals surface area contributed by atoms with E-state index in [0.29, 0.717) is 17.1 Å². The Kier molecular flexibility index (Phi) is 8.04. The van der Waals surface area contributed by atoms with Crippen molar-refractivity contribution in [3.63, 3.8) is 0 Å². The number of ether oxygens (including phenoxy) is 1. The van der Waals surface area contributed by atoms with Gasteiger partial charge in [0.25, 0.3) is 0 Å². The Bertz CT molecular complexity index is 1030. The number of amides is 2. The Balaban J connectivity index is 1.91. The van der Waals surface area contributed by atoms with Crippen LogP contribution in [0.15, 0.2) is 42.5 Å². The molecule has 0 saturated heterocycles. The average molecular weight is 448 g/mol. The Morgan fingerprint density at radius 2 is 1.71 bits per heavy atom. The molecule has 0 aliphatic rings. The number of hydrogen-bond acceptors (Lipinski definition) is 5. The van der Waals surface area contributed by atoms with E-state index in [-0.39, 0.29) is 12.6 Å². The summed E-state index contributed by atoms with van der Waals surface area (Å²) in [6, 6.07) is 11.9. The number of aryl methyl sites for hydroxylation is 1. The Labute approximate surface area is 183 Å². The molecule has 0 radical (unpaired) electrons. The van der Waals surface area contributed by atoms with Crippen molar-refractivity contribution in [1.82, 2.24) is 4.90 Å². The summed E-state index contributed by atoms with van der Waals surface area (Å²) < 4.78 is 32.6. The van der Waals surface area contributed by atoms with Gasteiger partial charge < -0.3 is 15.0 Å². The van der Waals surface area contributed by atoms with E-state index in [9.17, 15) is 18.0 Å². The minimum absolute atomic E-state index is 0.00253. The second kappa shape index (κ2) is 10.3. The van der Waals surface area contributed by atoms with E-state index in [1.54, 1.807) is 30.3 Å². The highest BCUT2D eigenvalue weighted by molar-refractivity contribution is 7.93. The van der Waals surface area contributed by atoms with Gasteiger partial charge in [0, 0.05) is 18.4 Å². The maximum atomic E-state index is 12.3. The molecule has 0 aliphatic carbocycles. The lowest BCUT2D eigenvalue weighted by molar-refractivity contribution is -0.131. The molecule has 2 aromatic rings. The van der Waals surface area contributed by atoms with Gasteiger partial charge in [-0.1, -0.05) is 12.1 Å². The van der Waals surface area contributed by atoms with E-state index in [1.807, 2.05) is 39.8 Å². The number of carbonyl (C=O) groups excluding carboxylic acids is 2. The quantitative estimate of drug-likeness (QED) is 0.615. The maximum absolute atomic E-state index is 12.3. The number of rotatable bonds is 9. The molecule has 2 N–H and O–H groups in total. The summed E-state index contributed by atoms with van der Waals surface area (Å²) in [4.78, 5) is 25.7. The Hall–Kier alpha value is -3.07. The first kappa shape index (κ1) is 24.2. The second-order valence-electron chi connectivity index (χ2n) is 7.60. The van der Waals surface area contributed by atoms with E-state index in [1.165, 1.54) is 7.05 Å². The fraction of sp³-hybridized carbons (Fsp3) is 0.364. The lowest BCUT2D eigenvalue weighted by Gasteiger charge is -2.18. The summed E-state index contributed by atoms with van der Waals surface area (Å²) in [5.74, 6) is -1.26. The molecule has 0 saturated carbocycles. The van der Waals surface area contributed by atoms with Gasteiger partial charge in [-0.05, 0) is 69.2 Å². The van der Waals surface area contributed by atoms with Gasteiger partial charge in [-0.15, -0.1) is 0 Å². The van der Waals surface area contributed by atoms with Crippen LogP contribution >= 0.6 is 0 Å². The van der Waals surface area contributed by atoms with Crippen molar-refractivity contribution >= 4 is 33.2 Å². The zero-order valence-electron chi connectivity index (χ0n) is 18.4. The van der Waals surface area contributed by atoms with Crippen LogP contribution in [0.5, 0.6) is 5.75 Å². The molecule has 9 heteroatoms. The van der Waals surface area contributed by atoms with Crippen LogP contribution < -0.4 is 14.8 Å². The van der Waals surface area contributed by atoms with E-state index < -0.39 is 27.6 Å². The van der Waals surface area contributed by atoms with Crippen LogP contribution in [0.1, 0.15) is 25.0 Å². The molecule has 2 aromatic carbocycles. The van der Waals surface area contributed by atoms with Gasteiger partial charge in [-0.3, -0.25) is 14.3 Å². The summed E-state index contributed by atoms with van der Waals surface area (Å²) >= 11 is 0. The van der Waals surface area contributed by atoms with Crippen molar-refractivity contribution in [2.75, 3.05) is 29.4 Å². The summed E-state index contributed by atoms with van der Waals surface area (Å²) in [5.41, 5.74) is 2.94. The summed E-state index contributed by atoms with van der Waals surface area (Å²) in [5, 5.41) is 2.75. The zero-order valence-corrected chi connectivity index (χ0v) is 19.2. The van der Waals surface area contributed by atoms with Gasteiger partial charge in [0.1, 0.15) is 11.5 Å². The number of nitrogens with one attached hydrogen (secondary N) is 2. The number of carbonyl (C=O) groups is 2. The highest BCUT2D eigenvalue weighted by Gasteiger charge is 2.21. The van der Waals surface area contributed by atoms with Crippen molar-refractivity contribution in [2.45, 2.75) is 33.8 Å². The zero-order chi connectivity index (χ0) is 23.2. The van der Waals surface area contributed by atoms with E-state index in [4.69, 9.17) is 4.74 Å². The van der Waals surface area contributed by atoms with E-state index >= 15 is 0 Å². The van der Waals surface area contributed by atoms with Crippen LogP contribution in [0.2, 0.25) is 0 Å². The Morgan fingerprint density at radius 3 is 2.32 bits per heavy atom. The number of likely N-dealkylation sites (N-methyl/N-ethyl adjacent to an activating group) is 1. The first-order valence-corrected chi connectivity index (χ1v) is 11.5. The van der Waals surface area contributed by atoms with Crippen LogP contribution in [-0.2, 0) is 19.6 Å². The highest BCUT2D eigenvalue weighted by atomic mass is 32.2. The van der Waals surface area contributed by atoms with Gasteiger partial charge in [-0.2, -0.15) is 0 Å². The van der Waals surface area contributed by atoms with E-state index in [0.717, 1.165) is 16.0 Å². The topological polar surface area (TPSA) is 105 Å². The molecular formula is C22H29N3O5S. The molecule has 0 fully saturated rings. The molecule has 0 spiro atoms. The van der Waals surface area contributed by atoms with Gasteiger partial charge >= 0.3 is 0 Å². The van der Waals surface area contributed by atoms with Crippen molar-refractivity contribution in [3.05, 3.63) is 53.6 Å². The molecule has 0 atom stereocenters. The van der Waals surface area contributed by atoms with Crippen LogP contribution in [0.3, 0.4) is 0 Å². The molecule has 0 unspecified atom stereocenters. The summed E-state index contributed by atoms with van der Waals surface area (Å²) in [7, 11) is -2.55. The number of anilines is 2. The summed E-state index contributed by atoms with van der Waals surface area (Å²) in [6.45, 7) is 7.34. The minimum Gasteiger partial charge on any atom is -0.491 e. The number of hydrogen-bond donors (Lipinski definition) is 2. The lowest BCUT2D eigenvalue weighted by atomic mass is 10.1. The molecule has 168 valence electrons. The number of nitrogens with zero attached hydrogens (tertiary/aromatic N) is 1. The standard InChI is InChI=1S/C22H29N3O5S/c1-15(2)30-19-11-9-18(10-12-19)24-31(28,29)14-22(27)25(5)13-21(26)23-20-8-6-7-16(3)17(20)4/h6-12,15,24H,13-14H2,1-5H3,(H,23,26). The average Bonchev–Trinajstić information content (AvgIpc) is 2.66.